The average molecular weight is 492 g/mol. The molecule has 2 aromatic carbocycles. The lowest BCUT2D eigenvalue weighted by molar-refractivity contribution is -0.140. The summed E-state index contributed by atoms with van der Waals surface area (Å²) in [6, 6.07) is 13.9. The molecule has 1 N–H and O–H groups in total. The fourth-order valence-corrected chi connectivity index (χ4v) is 3.52. The van der Waals surface area contributed by atoms with Gasteiger partial charge in [0.2, 0.25) is 21.8 Å². The predicted octanol–water partition coefficient (Wildman–Crippen LogP) is 1.67. The Labute approximate surface area is 201 Å². The summed E-state index contributed by atoms with van der Waals surface area (Å²) in [5, 5.41) is 2.87. The molecule has 0 aliphatic heterocycles. The zero-order chi connectivity index (χ0) is 25.3. The van der Waals surface area contributed by atoms with E-state index in [-0.39, 0.29) is 19.0 Å². The highest BCUT2D eigenvalue weighted by Gasteiger charge is 2.28. The SMILES string of the molecule is COc1ccc(CCNC(=O)[C@@H](C)N(Cc2ccc(OC)cc2)C(=O)CN(C)S(C)(=O)=O)cc1. The Morgan fingerprint density at radius 1 is 0.941 bits per heavy atom. The molecule has 1 atom stereocenters. The van der Waals surface area contributed by atoms with Crippen molar-refractivity contribution < 1.29 is 27.5 Å². The van der Waals surface area contributed by atoms with Gasteiger partial charge in [0.15, 0.2) is 0 Å². The largest absolute Gasteiger partial charge is 0.497 e. The van der Waals surface area contributed by atoms with E-state index in [1.165, 1.54) is 11.9 Å². The van der Waals surface area contributed by atoms with Gasteiger partial charge >= 0.3 is 0 Å². The van der Waals surface area contributed by atoms with Crippen molar-refractivity contribution >= 4 is 21.8 Å². The van der Waals surface area contributed by atoms with Gasteiger partial charge in [-0.15, -0.1) is 0 Å². The summed E-state index contributed by atoms with van der Waals surface area (Å²) >= 11 is 0. The van der Waals surface area contributed by atoms with Crippen molar-refractivity contribution in [3.05, 3.63) is 59.7 Å². The molecule has 0 aromatic heterocycles. The van der Waals surface area contributed by atoms with Gasteiger partial charge in [-0.2, -0.15) is 4.31 Å². The summed E-state index contributed by atoms with van der Waals surface area (Å²) in [6.07, 6.45) is 1.65. The number of sulfonamides is 1. The Morgan fingerprint density at radius 2 is 1.44 bits per heavy atom. The van der Waals surface area contributed by atoms with E-state index in [4.69, 9.17) is 9.47 Å². The van der Waals surface area contributed by atoms with E-state index in [9.17, 15) is 18.0 Å². The van der Waals surface area contributed by atoms with Crippen LogP contribution in [0.25, 0.3) is 0 Å². The van der Waals surface area contributed by atoms with Crippen molar-refractivity contribution in [3.8, 4) is 11.5 Å². The van der Waals surface area contributed by atoms with Gasteiger partial charge < -0.3 is 19.7 Å². The molecule has 0 radical (unpaired) electrons. The van der Waals surface area contributed by atoms with Crippen LogP contribution in [0.2, 0.25) is 0 Å². The fourth-order valence-electron chi connectivity index (χ4n) is 3.18. The number of carbonyl (C=O) groups is 2. The number of nitrogens with one attached hydrogen (secondary N) is 1. The number of rotatable bonds is 12. The van der Waals surface area contributed by atoms with Crippen LogP contribution in [-0.4, -0.2) is 76.1 Å². The summed E-state index contributed by atoms with van der Waals surface area (Å²) in [6.45, 7) is 1.81. The summed E-state index contributed by atoms with van der Waals surface area (Å²) in [7, 11) is 0.943. The van der Waals surface area contributed by atoms with Crippen LogP contribution < -0.4 is 14.8 Å². The Balaban J connectivity index is 2.09. The second-order valence-corrected chi connectivity index (χ2v) is 10.0. The highest BCUT2D eigenvalue weighted by atomic mass is 32.2. The van der Waals surface area contributed by atoms with Crippen molar-refractivity contribution in [2.45, 2.75) is 25.9 Å². The van der Waals surface area contributed by atoms with Crippen molar-refractivity contribution in [1.29, 1.82) is 0 Å². The predicted molar refractivity (Wildman–Crippen MR) is 130 cm³/mol. The molecule has 2 amide bonds. The zero-order valence-corrected chi connectivity index (χ0v) is 21.1. The summed E-state index contributed by atoms with van der Waals surface area (Å²) in [5.74, 6) is 0.634. The van der Waals surface area contributed by atoms with E-state index in [2.05, 4.69) is 5.32 Å². The third-order valence-corrected chi connectivity index (χ3v) is 6.74. The molecule has 9 nitrogen and oxygen atoms in total. The second kappa shape index (κ2) is 12.4. The van der Waals surface area contributed by atoms with E-state index >= 15 is 0 Å². The standard InChI is InChI=1S/C24H33N3O6S/c1-18(24(29)25-15-14-19-6-10-21(32-3)11-7-19)27(23(28)17-26(2)34(5,30)31)16-20-8-12-22(33-4)13-9-20/h6-13,18H,14-17H2,1-5H3,(H,25,29)/t18-/m1/s1. The number of carbonyl (C=O) groups excluding carboxylic acids is 2. The number of benzene rings is 2. The van der Waals surface area contributed by atoms with Gasteiger partial charge in [-0.1, -0.05) is 24.3 Å². The maximum absolute atomic E-state index is 13.0. The Morgan fingerprint density at radius 3 is 1.91 bits per heavy atom. The molecule has 0 bridgehead atoms. The van der Waals surface area contributed by atoms with Gasteiger partial charge in [0, 0.05) is 20.1 Å². The minimum absolute atomic E-state index is 0.146. The van der Waals surface area contributed by atoms with Crippen LogP contribution in [0.1, 0.15) is 18.1 Å². The third-order valence-electron chi connectivity index (χ3n) is 5.48. The lowest BCUT2D eigenvalue weighted by Crippen LogP contribution is -2.50. The lowest BCUT2D eigenvalue weighted by atomic mass is 10.1. The smallest absolute Gasteiger partial charge is 0.242 e. The highest BCUT2D eigenvalue weighted by molar-refractivity contribution is 7.88. The third kappa shape index (κ3) is 8.03. The van der Waals surface area contributed by atoms with Crippen molar-refractivity contribution in [3.63, 3.8) is 0 Å². The van der Waals surface area contributed by atoms with Gasteiger partial charge in [0.05, 0.1) is 27.0 Å². The molecule has 34 heavy (non-hydrogen) atoms. The molecular weight excluding hydrogens is 458 g/mol. The molecule has 0 saturated carbocycles. The molecule has 0 spiro atoms. The number of methoxy groups -OCH3 is 2. The Kier molecular flexibility index (Phi) is 9.88. The molecule has 0 aliphatic rings. The minimum atomic E-state index is -3.55. The van der Waals surface area contributed by atoms with Crippen molar-refractivity contribution in [2.24, 2.45) is 0 Å². The maximum atomic E-state index is 13.0. The zero-order valence-electron chi connectivity index (χ0n) is 20.3. The van der Waals surface area contributed by atoms with Gasteiger partial charge in [-0.3, -0.25) is 9.59 Å². The monoisotopic (exact) mass is 491 g/mol. The molecule has 186 valence electrons. The summed E-state index contributed by atoms with van der Waals surface area (Å²) in [5.41, 5.74) is 1.82. The Bertz CT molecular complexity index is 1060. The van der Waals surface area contributed by atoms with E-state index in [1.54, 1.807) is 45.4 Å². The number of nitrogens with zero attached hydrogens (tertiary/aromatic N) is 2. The molecule has 0 saturated heterocycles. The topological polar surface area (TPSA) is 105 Å². The minimum Gasteiger partial charge on any atom is -0.497 e. The van der Waals surface area contributed by atoms with Gasteiger partial charge in [0.25, 0.3) is 0 Å². The van der Waals surface area contributed by atoms with E-state index in [1.807, 2.05) is 24.3 Å². The summed E-state index contributed by atoms with van der Waals surface area (Å²) in [4.78, 5) is 27.3. The normalized spacial score (nSPS) is 12.2. The van der Waals surface area contributed by atoms with Crippen LogP contribution in [-0.2, 0) is 32.6 Å². The van der Waals surface area contributed by atoms with Crippen LogP contribution >= 0.6 is 0 Å². The number of hydrogen-bond acceptors (Lipinski definition) is 6. The first-order chi connectivity index (χ1) is 16.0. The van der Waals surface area contributed by atoms with Crippen molar-refractivity contribution in [2.75, 3.05) is 40.6 Å². The van der Waals surface area contributed by atoms with Gasteiger partial charge in [0.1, 0.15) is 17.5 Å². The second-order valence-electron chi connectivity index (χ2n) is 7.95. The number of amides is 2. The number of ether oxygens (including phenoxy) is 2. The van der Waals surface area contributed by atoms with Crippen LogP contribution in [0.5, 0.6) is 11.5 Å². The van der Waals surface area contributed by atoms with Gasteiger partial charge in [-0.05, 0) is 48.7 Å². The quantitative estimate of drug-likeness (QED) is 0.484. The first-order valence-electron chi connectivity index (χ1n) is 10.8. The number of hydrogen-bond donors (Lipinski definition) is 1. The first-order valence-corrected chi connectivity index (χ1v) is 12.6. The van der Waals surface area contributed by atoms with Gasteiger partial charge in [-0.25, -0.2) is 8.42 Å². The Hall–Kier alpha value is -3.11. The van der Waals surface area contributed by atoms with Crippen LogP contribution in [0.15, 0.2) is 48.5 Å². The van der Waals surface area contributed by atoms with Crippen molar-refractivity contribution in [1.82, 2.24) is 14.5 Å². The average Bonchev–Trinajstić information content (AvgIpc) is 2.82. The molecule has 0 unspecified atom stereocenters. The molecule has 0 aliphatic carbocycles. The first kappa shape index (κ1) is 27.1. The highest BCUT2D eigenvalue weighted by Crippen LogP contribution is 2.16. The fraction of sp³-hybridized carbons (Fsp3) is 0.417. The summed E-state index contributed by atoms with van der Waals surface area (Å²) < 4.78 is 34.9. The van der Waals surface area contributed by atoms with E-state index in [0.717, 1.165) is 27.4 Å². The van der Waals surface area contributed by atoms with Crippen LogP contribution in [0.3, 0.4) is 0 Å². The molecule has 2 rings (SSSR count). The number of likely N-dealkylation sites (N-methyl/N-ethyl adjacent to an activating group) is 1. The van der Waals surface area contributed by atoms with E-state index < -0.39 is 22.0 Å². The molecular formula is C24H33N3O6S. The van der Waals surface area contributed by atoms with E-state index in [0.29, 0.717) is 18.7 Å². The molecule has 0 heterocycles. The molecule has 2 aromatic rings. The van der Waals surface area contributed by atoms with Crippen LogP contribution in [0, 0.1) is 0 Å². The molecule has 0 fully saturated rings. The maximum Gasteiger partial charge on any atom is 0.242 e. The lowest BCUT2D eigenvalue weighted by Gasteiger charge is -2.30. The molecule has 10 heteroatoms. The van der Waals surface area contributed by atoms with Crippen LogP contribution in [0.4, 0.5) is 0 Å².